The second-order valence-electron chi connectivity index (χ2n) is 5.06. The van der Waals surface area contributed by atoms with Gasteiger partial charge >= 0.3 is 6.03 Å². The van der Waals surface area contributed by atoms with E-state index in [1.54, 1.807) is 11.3 Å². The van der Waals surface area contributed by atoms with Crippen LogP contribution in [0.1, 0.15) is 5.56 Å². The van der Waals surface area contributed by atoms with Gasteiger partial charge < -0.3 is 5.73 Å². The number of aromatic nitrogens is 3. The number of nitrogens with zero attached hydrogens (tertiary/aromatic N) is 3. The number of imide groups is 1. The van der Waals surface area contributed by atoms with Gasteiger partial charge in [-0.25, -0.2) is 4.79 Å². The second-order valence-corrected chi connectivity index (χ2v) is 6.95. The molecule has 3 N–H and O–H groups in total. The molecule has 0 unspecified atom stereocenters. The number of benzene rings is 1. The van der Waals surface area contributed by atoms with Crippen molar-refractivity contribution in [3.8, 4) is 10.7 Å². The summed E-state index contributed by atoms with van der Waals surface area (Å²) >= 11 is 2.78. The normalized spacial score (nSPS) is 10.6. The van der Waals surface area contributed by atoms with Crippen molar-refractivity contribution in [3.63, 3.8) is 0 Å². The molecule has 2 heterocycles. The fraction of sp³-hybridized carbons (Fsp3) is 0.125. The molecule has 0 bridgehead atoms. The van der Waals surface area contributed by atoms with Gasteiger partial charge in [0.2, 0.25) is 5.91 Å². The van der Waals surface area contributed by atoms with Crippen LogP contribution in [0.5, 0.6) is 0 Å². The third-order valence-corrected chi connectivity index (χ3v) is 5.07. The SMILES string of the molecule is NC(=O)NC(=O)CSc1nnc(-c2cccs2)n1Cc1ccccc1. The van der Waals surface area contributed by atoms with Crippen LogP contribution in [0.2, 0.25) is 0 Å². The number of hydrogen-bond donors (Lipinski definition) is 2. The van der Waals surface area contributed by atoms with Crippen molar-refractivity contribution < 1.29 is 9.59 Å². The zero-order valence-corrected chi connectivity index (χ0v) is 14.7. The highest BCUT2D eigenvalue weighted by molar-refractivity contribution is 7.99. The molecule has 0 aliphatic heterocycles. The first-order chi connectivity index (χ1) is 12.1. The van der Waals surface area contributed by atoms with E-state index in [-0.39, 0.29) is 5.75 Å². The first kappa shape index (κ1) is 17.2. The summed E-state index contributed by atoms with van der Waals surface area (Å²) in [5.41, 5.74) is 6.05. The Morgan fingerprint density at radius 1 is 1.16 bits per heavy atom. The predicted molar refractivity (Wildman–Crippen MR) is 97.3 cm³/mol. The van der Waals surface area contributed by atoms with Crippen LogP contribution in [0.25, 0.3) is 10.7 Å². The van der Waals surface area contributed by atoms with E-state index >= 15 is 0 Å². The van der Waals surface area contributed by atoms with E-state index in [1.165, 1.54) is 11.8 Å². The smallest absolute Gasteiger partial charge is 0.318 e. The number of thioether (sulfide) groups is 1. The van der Waals surface area contributed by atoms with Crippen molar-refractivity contribution in [1.29, 1.82) is 0 Å². The van der Waals surface area contributed by atoms with Crippen molar-refractivity contribution in [1.82, 2.24) is 20.1 Å². The summed E-state index contributed by atoms with van der Waals surface area (Å²) in [5, 5.41) is 13.1. The third kappa shape index (κ3) is 4.46. The van der Waals surface area contributed by atoms with Crippen LogP contribution in [-0.4, -0.2) is 32.5 Å². The topological polar surface area (TPSA) is 103 Å². The molecule has 0 atom stereocenters. The summed E-state index contributed by atoms with van der Waals surface area (Å²) < 4.78 is 1.96. The number of urea groups is 1. The molecule has 128 valence electrons. The summed E-state index contributed by atoms with van der Waals surface area (Å²) in [5.74, 6) is 0.307. The number of amides is 3. The number of nitrogens with two attached hydrogens (primary N) is 1. The summed E-state index contributed by atoms with van der Waals surface area (Å²) in [7, 11) is 0. The Morgan fingerprint density at radius 3 is 2.64 bits per heavy atom. The monoisotopic (exact) mass is 373 g/mol. The maximum absolute atomic E-state index is 11.6. The van der Waals surface area contributed by atoms with E-state index in [9.17, 15) is 9.59 Å². The minimum atomic E-state index is -0.865. The van der Waals surface area contributed by atoms with Gasteiger partial charge in [0.25, 0.3) is 0 Å². The maximum atomic E-state index is 11.6. The average Bonchev–Trinajstić information content (AvgIpc) is 3.23. The highest BCUT2D eigenvalue weighted by Crippen LogP contribution is 2.28. The van der Waals surface area contributed by atoms with Crippen LogP contribution in [0.15, 0.2) is 53.0 Å². The summed E-state index contributed by atoms with van der Waals surface area (Å²) in [4.78, 5) is 23.4. The van der Waals surface area contributed by atoms with Gasteiger partial charge in [-0.3, -0.25) is 14.7 Å². The van der Waals surface area contributed by atoms with E-state index in [2.05, 4.69) is 10.2 Å². The van der Waals surface area contributed by atoms with Gasteiger partial charge in [0.15, 0.2) is 11.0 Å². The lowest BCUT2D eigenvalue weighted by Crippen LogP contribution is -2.36. The number of rotatable bonds is 6. The molecule has 0 aliphatic carbocycles. The van der Waals surface area contributed by atoms with Crippen molar-refractivity contribution in [3.05, 3.63) is 53.4 Å². The van der Waals surface area contributed by atoms with Crippen molar-refractivity contribution in [2.24, 2.45) is 5.73 Å². The summed E-state index contributed by atoms with van der Waals surface area (Å²) in [6.45, 7) is 0.584. The molecule has 3 rings (SSSR count). The molecule has 3 aromatic rings. The number of primary amides is 1. The Morgan fingerprint density at radius 2 is 1.96 bits per heavy atom. The highest BCUT2D eigenvalue weighted by Gasteiger charge is 2.17. The molecule has 0 saturated carbocycles. The van der Waals surface area contributed by atoms with Crippen molar-refractivity contribution >= 4 is 35.0 Å². The first-order valence-electron chi connectivity index (χ1n) is 7.36. The van der Waals surface area contributed by atoms with E-state index in [0.29, 0.717) is 11.7 Å². The van der Waals surface area contributed by atoms with Gasteiger partial charge in [-0.1, -0.05) is 48.2 Å². The molecule has 3 amide bonds. The second kappa shape index (κ2) is 7.95. The fourth-order valence-electron chi connectivity index (χ4n) is 2.20. The van der Waals surface area contributed by atoms with E-state index in [1.807, 2.05) is 57.7 Å². The van der Waals surface area contributed by atoms with Crippen LogP contribution < -0.4 is 11.1 Å². The van der Waals surface area contributed by atoms with E-state index in [0.717, 1.165) is 16.3 Å². The Hall–Kier alpha value is -2.65. The lowest BCUT2D eigenvalue weighted by molar-refractivity contribution is -0.117. The van der Waals surface area contributed by atoms with Gasteiger partial charge in [-0.2, -0.15) is 0 Å². The summed E-state index contributed by atoms with van der Waals surface area (Å²) in [6, 6.07) is 13.0. The van der Waals surface area contributed by atoms with Crippen LogP contribution >= 0.6 is 23.1 Å². The minimum absolute atomic E-state index is 0.0281. The van der Waals surface area contributed by atoms with Gasteiger partial charge in [-0.15, -0.1) is 21.5 Å². The quantitative estimate of drug-likeness (QED) is 0.646. The Kier molecular flexibility index (Phi) is 5.46. The predicted octanol–water partition coefficient (Wildman–Crippen LogP) is 2.34. The standard InChI is InChI=1S/C16H15N5O2S2/c17-15(23)18-13(22)10-25-16-20-19-14(12-7-4-8-24-12)21(16)9-11-5-2-1-3-6-11/h1-8H,9-10H2,(H3,17,18,22,23). The fourth-order valence-corrected chi connectivity index (χ4v) is 3.65. The Balaban J connectivity index is 1.85. The van der Waals surface area contributed by atoms with Gasteiger partial charge in [0.1, 0.15) is 0 Å². The van der Waals surface area contributed by atoms with E-state index in [4.69, 9.17) is 5.73 Å². The van der Waals surface area contributed by atoms with Crippen LogP contribution in [-0.2, 0) is 11.3 Å². The first-order valence-corrected chi connectivity index (χ1v) is 9.23. The van der Waals surface area contributed by atoms with Gasteiger partial charge in [0, 0.05) is 0 Å². The minimum Gasteiger partial charge on any atom is -0.351 e. The summed E-state index contributed by atoms with van der Waals surface area (Å²) in [6.07, 6.45) is 0. The van der Waals surface area contributed by atoms with Crippen LogP contribution in [0.4, 0.5) is 4.79 Å². The third-order valence-electron chi connectivity index (χ3n) is 3.24. The van der Waals surface area contributed by atoms with Crippen LogP contribution in [0, 0.1) is 0 Å². The maximum Gasteiger partial charge on any atom is 0.318 e. The molecule has 25 heavy (non-hydrogen) atoms. The molecule has 0 aliphatic rings. The Labute approximate surface area is 152 Å². The molecule has 2 aromatic heterocycles. The molecule has 0 spiro atoms. The number of thiophene rings is 1. The lowest BCUT2D eigenvalue weighted by atomic mass is 10.2. The Bertz CT molecular complexity index is 862. The zero-order valence-electron chi connectivity index (χ0n) is 13.1. The molecule has 0 radical (unpaired) electrons. The van der Waals surface area contributed by atoms with E-state index < -0.39 is 11.9 Å². The molecular formula is C16H15N5O2S2. The molecule has 7 nitrogen and oxygen atoms in total. The highest BCUT2D eigenvalue weighted by atomic mass is 32.2. The van der Waals surface area contributed by atoms with Gasteiger partial charge in [-0.05, 0) is 17.0 Å². The molecule has 0 saturated heterocycles. The molecular weight excluding hydrogens is 358 g/mol. The molecule has 0 fully saturated rings. The largest absolute Gasteiger partial charge is 0.351 e. The van der Waals surface area contributed by atoms with Crippen molar-refractivity contribution in [2.45, 2.75) is 11.7 Å². The average molecular weight is 373 g/mol. The number of carbonyl (C=O) groups excluding carboxylic acids is 2. The number of nitrogens with one attached hydrogen (secondary N) is 1. The number of hydrogen-bond acceptors (Lipinski definition) is 6. The zero-order chi connectivity index (χ0) is 17.6. The molecule has 1 aromatic carbocycles. The number of carbonyl (C=O) groups is 2. The molecule has 9 heteroatoms. The van der Waals surface area contributed by atoms with Crippen LogP contribution in [0.3, 0.4) is 0 Å². The van der Waals surface area contributed by atoms with Crippen molar-refractivity contribution in [2.75, 3.05) is 5.75 Å². The van der Waals surface area contributed by atoms with Gasteiger partial charge in [0.05, 0.1) is 17.2 Å². The lowest BCUT2D eigenvalue weighted by Gasteiger charge is -2.09.